The number of urea groups is 1. The van der Waals surface area contributed by atoms with E-state index in [1.165, 1.54) is 4.90 Å². The molecule has 2 N–H and O–H groups in total. The molecule has 1 aliphatic heterocycles. The molecule has 20 heavy (non-hydrogen) atoms. The monoisotopic (exact) mass is 277 g/mol. The van der Waals surface area contributed by atoms with E-state index >= 15 is 0 Å². The second-order valence-corrected chi connectivity index (χ2v) is 5.06. The number of carboxylic acid groups (broad SMARTS) is 1. The van der Waals surface area contributed by atoms with Gasteiger partial charge in [-0.1, -0.05) is 0 Å². The lowest BCUT2D eigenvalue weighted by Crippen LogP contribution is -2.42. The number of carbonyl (C=O) groups is 2. The summed E-state index contributed by atoms with van der Waals surface area (Å²) in [6.45, 7) is 0.485. The number of hydrogen-bond donors (Lipinski definition) is 2. The van der Waals surface area contributed by atoms with Gasteiger partial charge in [0.1, 0.15) is 6.04 Å². The maximum atomic E-state index is 12.1. The van der Waals surface area contributed by atoms with E-state index < -0.39 is 12.0 Å². The first-order valence-electron chi connectivity index (χ1n) is 6.57. The SMILES string of the molecule is CN(C)c1ccc(NC(=O)N2CCC[C@H]2C(=O)O)cc1. The third-order valence-electron chi connectivity index (χ3n) is 3.43. The van der Waals surface area contributed by atoms with Crippen LogP contribution in [0.1, 0.15) is 12.8 Å². The van der Waals surface area contributed by atoms with Gasteiger partial charge in [0.15, 0.2) is 0 Å². The van der Waals surface area contributed by atoms with Gasteiger partial charge in [0.25, 0.3) is 0 Å². The molecule has 1 heterocycles. The highest BCUT2D eigenvalue weighted by molar-refractivity contribution is 5.92. The summed E-state index contributed by atoms with van der Waals surface area (Å²) in [6.07, 6.45) is 1.24. The highest BCUT2D eigenvalue weighted by Gasteiger charge is 2.33. The van der Waals surface area contributed by atoms with Crippen LogP contribution in [0.3, 0.4) is 0 Å². The number of benzene rings is 1. The fraction of sp³-hybridized carbons (Fsp3) is 0.429. The molecule has 2 amide bonds. The van der Waals surface area contributed by atoms with Crippen LogP contribution in [-0.2, 0) is 4.79 Å². The Labute approximate surface area is 118 Å². The van der Waals surface area contributed by atoms with Gasteiger partial charge in [-0.05, 0) is 37.1 Å². The quantitative estimate of drug-likeness (QED) is 0.884. The molecule has 6 nitrogen and oxygen atoms in total. The van der Waals surface area contributed by atoms with Crippen LogP contribution in [0.25, 0.3) is 0 Å². The first kappa shape index (κ1) is 14.2. The number of nitrogens with zero attached hydrogens (tertiary/aromatic N) is 2. The number of hydrogen-bond acceptors (Lipinski definition) is 3. The van der Waals surface area contributed by atoms with Gasteiger partial charge >= 0.3 is 12.0 Å². The maximum absolute atomic E-state index is 12.1. The highest BCUT2D eigenvalue weighted by Crippen LogP contribution is 2.20. The smallest absolute Gasteiger partial charge is 0.326 e. The second-order valence-electron chi connectivity index (χ2n) is 5.06. The Bertz CT molecular complexity index is 499. The summed E-state index contributed by atoms with van der Waals surface area (Å²) >= 11 is 0. The fourth-order valence-corrected chi connectivity index (χ4v) is 2.30. The number of amides is 2. The zero-order chi connectivity index (χ0) is 14.7. The van der Waals surface area contributed by atoms with Crippen LogP contribution in [0.2, 0.25) is 0 Å². The Morgan fingerprint density at radius 3 is 2.50 bits per heavy atom. The molecule has 1 aromatic rings. The van der Waals surface area contributed by atoms with E-state index in [-0.39, 0.29) is 6.03 Å². The summed E-state index contributed by atoms with van der Waals surface area (Å²) in [4.78, 5) is 26.5. The van der Waals surface area contributed by atoms with Crippen molar-refractivity contribution >= 4 is 23.4 Å². The molecule has 0 radical (unpaired) electrons. The predicted molar refractivity (Wildman–Crippen MR) is 77.2 cm³/mol. The first-order chi connectivity index (χ1) is 9.49. The van der Waals surface area contributed by atoms with E-state index in [0.29, 0.717) is 18.7 Å². The molecular formula is C14H19N3O3. The van der Waals surface area contributed by atoms with Gasteiger partial charge in [-0.25, -0.2) is 9.59 Å². The fourth-order valence-electron chi connectivity index (χ4n) is 2.30. The second kappa shape index (κ2) is 5.81. The molecule has 0 aromatic heterocycles. The van der Waals surface area contributed by atoms with Crippen molar-refractivity contribution in [1.82, 2.24) is 4.90 Å². The van der Waals surface area contributed by atoms with Gasteiger partial charge in [0.2, 0.25) is 0 Å². The summed E-state index contributed by atoms with van der Waals surface area (Å²) in [7, 11) is 3.88. The standard InChI is InChI=1S/C14H19N3O3/c1-16(2)11-7-5-10(6-8-11)15-14(20)17-9-3-4-12(17)13(18)19/h5-8,12H,3-4,9H2,1-2H3,(H,15,20)(H,18,19)/t12-/m0/s1. The predicted octanol–water partition coefficient (Wildman–Crippen LogP) is 1.83. The first-order valence-corrected chi connectivity index (χ1v) is 6.57. The molecule has 6 heteroatoms. The van der Waals surface area contributed by atoms with Crippen LogP contribution >= 0.6 is 0 Å². The van der Waals surface area contributed by atoms with Crippen LogP contribution in [0.5, 0.6) is 0 Å². The molecule has 1 aromatic carbocycles. The van der Waals surface area contributed by atoms with Gasteiger partial charge in [0, 0.05) is 32.0 Å². The lowest BCUT2D eigenvalue weighted by atomic mass is 10.2. The Hall–Kier alpha value is -2.24. The van der Waals surface area contributed by atoms with Crippen molar-refractivity contribution in [1.29, 1.82) is 0 Å². The molecule has 0 aliphatic carbocycles. The van der Waals surface area contributed by atoms with Crippen molar-refractivity contribution < 1.29 is 14.7 Å². The Morgan fingerprint density at radius 2 is 1.95 bits per heavy atom. The molecule has 1 fully saturated rings. The summed E-state index contributed by atoms with van der Waals surface area (Å²) in [6, 6.07) is 6.34. The normalized spacial score (nSPS) is 17.9. The Kier molecular flexibility index (Phi) is 4.12. The van der Waals surface area contributed by atoms with Gasteiger partial charge < -0.3 is 20.2 Å². The van der Waals surface area contributed by atoms with E-state index in [0.717, 1.165) is 12.1 Å². The number of anilines is 2. The molecular weight excluding hydrogens is 258 g/mol. The molecule has 0 spiro atoms. The van der Waals surface area contributed by atoms with E-state index in [9.17, 15) is 9.59 Å². The number of aliphatic carboxylic acids is 1. The maximum Gasteiger partial charge on any atom is 0.326 e. The molecule has 0 saturated carbocycles. The van der Waals surface area contributed by atoms with E-state index in [1.54, 1.807) is 12.1 Å². The van der Waals surface area contributed by atoms with Crippen molar-refractivity contribution in [2.24, 2.45) is 0 Å². The largest absolute Gasteiger partial charge is 0.480 e. The summed E-state index contributed by atoms with van der Waals surface area (Å²) in [5.74, 6) is -0.944. The summed E-state index contributed by atoms with van der Waals surface area (Å²) in [5, 5.41) is 11.8. The van der Waals surface area contributed by atoms with Gasteiger partial charge in [-0.15, -0.1) is 0 Å². The van der Waals surface area contributed by atoms with Crippen LogP contribution in [-0.4, -0.2) is 48.7 Å². The summed E-state index contributed by atoms with van der Waals surface area (Å²) < 4.78 is 0. The molecule has 2 rings (SSSR count). The summed E-state index contributed by atoms with van der Waals surface area (Å²) in [5.41, 5.74) is 1.70. The minimum atomic E-state index is -0.944. The topological polar surface area (TPSA) is 72.9 Å². The molecule has 0 unspecified atom stereocenters. The van der Waals surface area contributed by atoms with Crippen LogP contribution in [0.15, 0.2) is 24.3 Å². The van der Waals surface area contributed by atoms with Crippen molar-refractivity contribution in [3.8, 4) is 0 Å². The van der Waals surface area contributed by atoms with E-state index in [4.69, 9.17) is 5.11 Å². The van der Waals surface area contributed by atoms with Gasteiger partial charge in [-0.3, -0.25) is 0 Å². The number of likely N-dealkylation sites (tertiary alicyclic amines) is 1. The Balaban J connectivity index is 2.02. The zero-order valence-electron chi connectivity index (χ0n) is 11.7. The molecule has 108 valence electrons. The van der Waals surface area contributed by atoms with Gasteiger partial charge in [-0.2, -0.15) is 0 Å². The third-order valence-corrected chi connectivity index (χ3v) is 3.43. The van der Waals surface area contributed by atoms with Crippen molar-refractivity contribution in [3.05, 3.63) is 24.3 Å². The zero-order valence-corrected chi connectivity index (χ0v) is 11.7. The van der Waals surface area contributed by atoms with Crippen LogP contribution in [0, 0.1) is 0 Å². The van der Waals surface area contributed by atoms with Crippen molar-refractivity contribution in [3.63, 3.8) is 0 Å². The number of rotatable bonds is 3. The van der Waals surface area contributed by atoms with Crippen LogP contribution in [0.4, 0.5) is 16.2 Å². The molecule has 1 aliphatic rings. The molecule has 1 saturated heterocycles. The van der Waals surface area contributed by atoms with Crippen molar-refractivity contribution in [2.75, 3.05) is 30.9 Å². The van der Waals surface area contributed by atoms with E-state index in [2.05, 4.69) is 5.32 Å². The minimum Gasteiger partial charge on any atom is -0.480 e. The van der Waals surface area contributed by atoms with E-state index in [1.807, 2.05) is 31.1 Å². The van der Waals surface area contributed by atoms with Crippen molar-refractivity contribution in [2.45, 2.75) is 18.9 Å². The highest BCUT2D eigenvalue weighted by atomic mass is 16.4. The average Bonchev–Trinajstić information content (AvgIpc) is 2.88. The minimum absolute atomic E-state index is 0.354. The molecule has 1 atom stereocenters. The molecule has 0 bridgehead atoms. The lowest BCUT2D eigenvalue weighted by molar-refractivity contribution is -0.141. The Morgan fingerprint density at radius 1 is 1.30 bits per heavy atom. The number of nitrogens with one attached hydrogen (secondary N) is 1. The average molecular weight is 277 g/mol. The van der Waals surface area contributed by atoms with Gasteiger partial charge in [0.05, 0.1) is 0 Å². The third kappa shape index (κ3) is 3.01. The lowest BCUT2D eigenvalue weighted by Gasteiger charge is -2.22. The number of carbonyl (C=O) groups excluding carboxylic acids is 1. The van der Waals surface area contributed by atoms with Crippen LogP contribution < -0.4 is 10.2 Å². The number of carboxylic acids is 1.